The lowest BCUT2D eigenvalue weighted by Gasteiger charge is -2.26. The molecular formula is C22H38N2O. The molecule has 0 amide bonds. The van der Waals surface area contributed by atoms with Gasteiger partial charge in [0.15, 0.2) is 0 Å². The van der Waals surface area contributed by atoms with Crippen LogP contribution in [-0.2, 0) is 17.7 Å². The van der Waals surface area contributed by atoms with Crippen molar-refractivity contribution in [2.75, 3.05) is 32.8 Å². The Labute approximate surface area is 155 Å². The summed E-state index contributed by atoms with van der Waals surface area (Å²) in [5.74, 6) is 0. The van der Waals surface area contributed by atoms with Crippen LogP contribution >= 0.6 is 0 Å². The van der Waals surface area contributed by atoms with Gasteiger partial charge in [-0.15, -0.1) is 0 Å². The van der Waals surface area contributed by atoms with Gasteiger partial charge in [0.1, 0.15) is 0 Å². The summed E-state index contributed by atoms with van der Waals surface area (Å²) < 4.78 is 5.83. The highest BCUT2D eigenvalue weighted by Gasteiger charge is 2.09. The van der Waals surface area contributed by atoms with Crippen LogP contribution in [-0.4, -0.2) is 43.3 Å². The van der Waals surface area contributed by atoms with Crippen LogP contribution in [0, 0.1) is 0 Å². The van der Waals surface area contributed by atoms with Gasteiger partial charge in [0.2, 0.25) is 0 Å². The third-order valence-corrected chi connectivity index (χ3v) is 4.78. The van der Waals surface area contributed by atoms with Gasteiger partial charge in [-0.25, -0.2) is 0 Å². The number of piperidine rings is 1. The summed E-state index contributed by atoms with van der Waals surface area (Å²) in [7, 11) is 0. The van der Waals surface area contributed by atoms with Crippen LogP contribution in [0.4, 0.5) is 0 Å². The molecule has 1 N–H and O–H groups in total. The standard InChI is InChI=1S/C22H38N2O/c1-22(2,3)23-19-21-11-7-10-20(18-21)12-8-16-25-17-9-15-24-13-5-4-6-14-24/h7,10-11,18,23H,4-6,8-9,12-17,19H2,1-3H3. The number of benzene rings is 1. The van der Waals surface area contributed by atoms with E-state index in [9.17, 15) is 0 Å². The van der Waals surface area contributed by atoms with E-state index in [1.807, 2.05) is 0 Å². The first-order valence-corrected chi connectivity index (χ1v) is 10.2. The minimum atomic E-state index is 0.165. The van der Waals surface area contributed by atoms with Gasteiger partial charge >= 0.3 is 0 Å². The molecule has 1 aliphatic rings. The van der Waals surface area contributed by atoms with Gasteiger partial charge in [-0.1, -0.05) is 30.7 Å². The van der Waals surface area contributed by atoms with E-state index in [2.05, 4.69) is 55.3 Å². The van der Waals surface area contributed by atoms with Crippen molar-refractivity contribution in [3.05, 3.63) is 35.4 Å². The number of ether oxygens (including phenoxy) is 1. The molecule has 1 fully saturated rings. The maximum Gasteiger partial charge on any atom is 0.0478 e. The minimum absolute atomic E-state index is 0.165. The summed E-state index contributed by atoms with van der Waals surface area (Å²) in [6.07, 6.45) is 7.57. The highest BCUT2D eigenvalue weighted by Crippen LogP contribution is 2.10. The number of nitrogens with one attached hydrogen (secondary N) is 1. The zero-order valence-corrected chi connectivity index (χ0v) is 16.7. The Morgan fingerprint density at radius 2 is 1.72 bits per heavy atom. The van der Waals surface area contributed by atoms with Crippen molar-refractivity contribution in [3.8, 4) is 0 Å². The highest BCUT2D eigenvalue weighted by molar-refractivity contribution is 5.23. The van der Waals surface area contributed by atoms with Gasteiger partial charge in [0.25, 0.3) is 0 Å². The summed E-state index contributed by atoms with van der Waals surface area (Å²) in [4.78, 5) is 2.59. The number of rotatable bonds is 10. The quantitative estimate of drug-likeness (QED) is 0.636. The first-order chi connectivity index (χ1) is 12.0. The third-order valence-electron chi connectivity index (χ3n) is 4.78. The molecule has 0 atom stereocenters. The molecule has 1 aromatic rings. The largest absolute Gasteiger partial charge is 0.381 e. The highest BCUT2D eigenvalue weighted by atomic mass is 16.5. The van der Waals surface area contributed by atoms with E-state index >= 15 is 0 Å². The van der Waals surface area contributed by atoms with Gasteiger partial charge in [-0.05, 0) is 77.1 Å². The van der Waals surface area contributed by atoms with Crippen LogP contribution in [0.25, 0.3) is 0 Å². The average molecular weight is 347 g/mol. The average Bonchev–Trinajstić information content (AvgIpc) is 2.60. The van der Waals surface area contributed by atoms with Gasteiger partial charge in [0, 0.05) is 31.8 Å². The van der Waals surface area contributed by atoms with Crippen LogP contribution in [0.5, 0.6) is 0 Å². The van der Waals surface area contributed by atoms with E-state index < -0.39 is 0 Å². The minimum Gasteiger partial charge on any atom is -0.381 e. The summed E-state index contributed by atoms with van der Waals surface area (Å²) in [6.45, 7) is 13.1. The lowest BCUT2D eigenvalue weighted by atomic mass is 10.0. The first-order valence-electron chi connectivity index (χ1n) is 10.2. The molecule has 25 heavy (non-hydrogen) atoms. The van der Waals surface area contributed by atoms with Crippen molar-refractivity contribution >= 4 is 0 Å². The van der Waals surface area contributed by atoms with Crippen molar-refractivity contribution < 1.29 is 4.74 Å². The van der Waals surface area contributed by atoms with Gasteiger partial charge in [-0.3, -0.25) is 0 Å². The zero-order chi connectivity index (χ0) is 18.0. The second-order valence-electron chi connectivity index (χ2n) is 8.40. The Balaban J connectivity index is 1.54. The Morgan fingerprint density at radius 1 is 1.00 bits per heavy atom. The molecule has 0 unspecified atom stereocenters. The third kappa shape index (κ3) is 9.39. The lowest BCUT2D eigenvalue weighted by molar-refractivity contribution is 0.115. The normalized spacial score (nSPS) is 16.3. The maximum atomic E-state index is 5.83. The smallest absolute Gasteiger partial charge is 0.0478 e. The molecule has 142 valence electrons. The summed E-state index contributed by atoms with van der Waals surface area (Å²) in [5.41, 5.74) is 2.96. The van der Waals surface area contributed by atoms with Gasteiger partial charge in [-0.2, -0.15) is 0 Å². The number of aryl methyl sites for hydroxylation is 1. The zero-order valence-electron chi connectivity index (χ0n) is 16.7. The number of hydrogen-bond donors (Lipinski definition) is 1. The van der Waals surface area contributed by atoms with E-state index in [0.29, 0.717) is 0 Å². The molecule has 3 nitrogen and oxygen atoms in total. The fourth-order valence-corrected chi connectivity index (χ4v) is 3.32. The monoisotopic (exact) mass is 346 g/mol. The van der Waals surface area contributed by atoms with Crippen LogP contribution in [0.1, 0.15) is 64.0 Å². The van der Waals surface area contributed by atoms with E-state index in [1.165, 1.54) is 56.4 Å². The van der Waals surface area contributed by atoms with Crippen LogP contribution < -0.4 is 5.32 Å². The van der Waals surface area contributed by atoms with Crippen molar-refractivity contribution in [2.45, 2.75) is 71.4 Å². The SMILES string of the molecule is CC(C)(C)NCc1cccc(CCCOCCCN2CCCCC2)c1. The van der Waals surface area contributed by atoms with Crippen LogP contribution in [0.3, 0.4) is 0 Å². The van der Waals surface area contributed by atoms with Crippen molar-refractivity contribution in [1.29, 1.82) is 0 Å². The lowest BCUT2D eigenvalue weighted by Crippen LogP contribution is -2.35. The molecule has 1 saturated heterocycles. The predicted octanol–water partition coefficient (Wildman–Crippen LogP) is 4.40. The number of likely N-dealkylation sites (tertiary alicyclic amines) is 1. The van der Waals surface area contributed by atoms with E-state index in [1.54, 1.807) is 0 Å². The second kappa shape index (κ2) is 10.9. The molecule has 3 heteroatoms. The molecule has 1 heterocycles. The van der Waals surface area contributed by atoms with Crippen molar-refractivity contribution in [1.82, 2.24) is 10.2 Å². The summed E-state index contributed by atoms with van der Waals surface area (Å²) in [5, 5.41) is 3.55. The van der Waals surface area contributed by atoms with Crippen LogP contribution in [0.15, 0.2) is 24.3 Å². The van der Waals surface area contributed by atoms with Crippen molar-refractivity contribution in [3.63, 3.8) is 0 Å². The predicted molar refractivity (Wildman–Crippen MR) is 107 cm³/mol. The molecule has 0 spiro atoms. The van der Waals surface area contributed by atoms with Gasteiger partial charge < -0.3 is 15.0 Å². The summed E-state index contributed by atoms with van der Waals surface area (Å²) >= 11 is 0. The van der Waals surface area contributed by atoms with E-state index in [-0.39, 0.29) is 5.54 Å². The molecule has 0 aromatic heterocycles. The Kier molecular flexibility index (Phi) is 8.94. The van der Waals surface area contributed by atoms with Crippen LogP contribution in [0.2, 0.25) is 0 Å². The molecule has 1 aromatic carbocycles. The molecule has 0 radical (unpaired) electrons. The molecule has 0 saturated carbocycles. The van der Waals surface area contributed by atoms with Crippen molar-refractivity contribution in [2.24, 2.45) is 0 Å². The Bertz CT molecular complexity index is 475. The Hall–Kier alpha value is -0.900. The van der Waals surface area contributed by atoms with E-state index in [0.717, 1.165) is 32.6 Å². The topological polar surface area (TPSA) is 24.5 Å². The number of hydrogen-bond acceptors (Lipinski definition) is 3. The van der Waals surface area contributed by atoms with Gasteiger partial charge in [0.05, 0.1) is 0 Å². The fraction of sp³-hybridized carbons (Fsp3) is 0.727. The molecular weight excluding hydrogens is 308 g/mol. The fourth-order valence-electron chi connectivity index (χ4n) is 3.32. The van der Waals surface area contributed by atoms with E-state index in [4.69, 9.17) is 4.74 Å². The number of nitrogens with zero attached hydrogens (tertiary/aromatic N) is 1. The maximum absolute atomic E-state index is 5.83. The Morgan fingerprint density at radius 3 is 2.48 bits per heavy atom. The summed E-state index contributed by atoms with van der Waals surface area (Å²) in [6, 6.07) is 8.94. The molecule has 2 rings (SSSR count). The molecule has 0 bridgehead atoms. The molecule has 1 aliphatic heterocycles. The molecule has 0 aliphatic carbocycles. The second-order valence-corrected chi connectivity index (χ2v) is 8.40. The first kappa shape index (κ1) is 20.4.